The molecular formula is C18H28N2. The van der Waals surface area contributed by atoms with Crippen LogP contribution in [0.15, 0.2) is 24.3 Å². The van der Waals surface area contributed by atoms with Gasteiger partial charge in [0, 0.05) is 25.2 Å². The second kappa shape index (κ2) is 6.28. The van der Waals surface area contributed by atoms with Crippen LogP contribution in [0.3, 0.4) is 0 Å². The second-order valence-corrected chi connectivity index (χ2v) is 6.90. The minimum absolute atomic E-state index is 0.775. The van der Waals surface area contributed by atoms with Crippen molar-refractivity contribution in [3.8, 4) is 0 Å². The SMILES string of the molecule is CC(C)C1CCCN1Cc1cccc(CNC2CC2)c1. The summed E-state index contributed by atoms with van der Waals surface area (Å²) in [7, 11) is 0. The van der Waals surface area contributed by atoms with Gasteiger partial charge in [-0.25, -0.2) is 0 Å². The first-order valence-electron chi connectivity index (χ1n) is 8.27. The molecule has 110 valence electrons. The van der Waals surface area contributed by atoms with Crippen LogP contribution in [-0.2, 0) is 13.1 Å². The summed E-state index contributed by atoms with van der Waals surface area (Å²) in [6, 6.07) is 10.7. The standard InChI is InChI=1S/C18H28N2/c1-14(2)18-7-4-10-20(18)13-16-6-3-5-15(11-16)12-19-17-8-9-17/h3,5-6,11,14,17-19H,4,7-10,12-13H2,1-2H3. The zero-order valence-electron chi connectivity index (χ0n) is 12.9. The Morgan fingerprint density at radius 1 is 1.20 bits per heavy atom. The molecule has 2 heteroatoms. The molecule has 3 rings (SSSR count). The predicted molar refractivity (Wildman–Crippen MR) is 84.6 cm³/mol. The van der Waals surface area contributed by atoms with Crippen molar-refractivity contribution >= 4 is 0 Å². The fourth-order valence-corrected chi connectivity index (χ4v) is 3.43. The molecule has 0 bridgehead atoms. The van der Waals surface area contributed by atoms with Crippen molar-refractivity contribution in [3.05, 3.63) is 35.4 Å². The van der Waals surface area contributed by atoms with Crippen molar-refractivity contribution in [2.24, 2.45) is 5.92 Å². The van der Waals surface area contributed by atoms with E-state index in [2.05, 4.69) is 48.3 Å². The Kier molecular flexibility index (Phi) is 4.42. The molecule has 1 unspecified atom stereocenters. The zero-order valence-corrected chi connectivity index (χ0v) is 12.9. The van der Waals surface area contributed by atoms with E-state index in [0.717, 1.165) is 31.1 Å². The summed E-state index contributed by atoms with van der Waals surface area (Å²) < 4.78 is 0. The van der Waals surface area contributed by atoms with Crippen molar-refractivity contribution in [2.75, 3.05) is 6.54 Å². The van der Waals surface area contributed by atoms with Crippen LogP contribution < -0.4 is 5.32 Å². The first-order valence-corrected chi connectivity index (χ1v) is 8.27. The Morgan fingerprint density at radius 2 is 2.00 bits per heavy atom. The van der Waals surface area contributed by atoms with Gasteiger partial charge in [-0.1, -0.05) is 38.1 Å². The molecule has 0 spiro atoms. The van der Waals surface area contributed by atoms with E-state index in [1.807, 2.05) is 0 Å². The lowest BCUT2D eigenvalue weighted by atomic mass is 10.0. The zero-order chi connectivity index (χ0) is 13.9. The monoisotopic (exact) mass is 272 g/mol. The molecule has 2 nitrogen and oxygen atoms in total. The normalized spacial score (nSPS) is 23.6. The summed E-state index contributed by atoms with van der Waals surface area (Å²) in [6.07, 6.45) is 5.47. The molecule has 1 N–H and O–H groups in total. The van der Waals surface area contributed by atoms with E-state index in [1.54, 1.807) is 0 Å². The average Bonchev–Trinajstić information content (AvgIpc) is 3.15. The van der Waals surface area contributed by atoms with Crippen molar-refractivity contribution < 1.29 is 0 Å². The number of likely N-dealkylation sites (tertiary alicyclic amines) is 1. The fourth-order valence-electron chi connectivity index (χ4n) is 3.43. The molecular weight excluding hydrogens is 244 g/mol. The molecule has 1 aromatic carbocycles. The number of nitrogens with one attached hydrogen (secondary N) is 1. The van der Waals surface area contributed by atoms with Crippen LogP contribution in [0.1, 0.15) is 50.7 Å². The van der Waals surface area contributed by atoms with Crippen molar-refractivity contribution in [2.45, 2.75) is 64.7 Å². The minimum Gasteiger partial charge on any atom is -0.310 e. The van der Waals surface area contributed by atoms with Crippen LogP contribution in [0, 0.1) is 5.92 Å². The minimum atomic E-state index is 0.775. The molecule has 0 radical (unpaired) electrons. The van der Waals surface area contributed by atoms with Gasteiger partial charge in [-0.3, -0.25) is 4.90 Å². The lowest BCUT2D eigenvalue weighted by Gasteiger charge is -2.27. The predicted octanol–water partition coefficient (Wildman–Crippen LogP) is 3.56. The average molecular weight is 272 g/mol. The number of rotatable bonds is 6. The van der Waals surface area contributed by atoms with E-state index in [9.17, 15) is 0 Å². The third-order valence-electron chi connectivity index (χ3n) is 4.73. The van der Waals surface area contributed by atoms with Gasteiger partial charge < -0.3 is 5.32 Å². The van der Waals surface area contributed by atoms with E-state index < -0.39 is 0 Å². The topological polar surface area (TPSA) is 15.3 Å². The van der Waals surface area contributed by atoms with Gasteiger partial charge in [0.05, 0.1) is 0 Å². The second-order valence-electron chi connectivity index (χ2n) is 6.90. The van der Waals surface area contributed by atoms with E-state index in [4.69, 9.17) is 0 Å². The molecule has 1 saturated carbocycles. The molecule has 2 fully saturated rings. The summed E-state index contributed by atoms with van der Waals surface area (Å²) in [5, 5.41) is 3.61. The highest BCUT2D eigenvalue weighted by Gasteiger charge is 2.26. The quantitative estimate of drug-likeness (QED) is 0.852. The summed E-state index contributed by atoms with van der Waals surface area (Å²) in [4.78, 5) is 2.68. The van der Waals surface area contributed by atoms with Crippen molar-refractivity contribution in [1.82, 2.24) is 10.2 Å². The first-order chi connectivity index (χ1) is 9.72. The molecule has 1 saturated heterocycles. The lowest BCUT2D eigenvalue weighted by molar-refractivity contribution is 0.199. The Hall–Kier alpha value is -0.860. The summed E-state index contributed by atoms with van der Waals surface area (Å²) in [5.41, 5.74) is 2.92. The third kappa shape index (κ3) is 3.62. The molecule has 20 heavy (non-hydrogen) atoms. The molecule has 0 amide bonds. The Balaban J connectivity index is 1.59. The number of hydrogen-bond donors (Lipinski definition) is 1. The third-order valence-corrected chi connectivity index (χ3v) is 4.73. The molecule has 1 aliphatic heterocycles. The van der Waals surface area contributed by atoms with Gasteiger partial charge in [-0.05, 0) is 49.3 Å². The van der Waals surface area contributed by atoms with Crippen LogP contribution in [0.4, 0.5) is 0 Å². The van der Waals surface area contributed by atoms with Gasteiger partial charge in [0.15, 0.2) is 0 Å². The number of benzene rings is 1. The van der Waals surface area contributed by atoms with Gasteiger partial charge >= 0.3 is 0 Å². The van der Waals surface area contributed by atoms with Crippen molar-refractivity contribution in [3.63, 3.8) is 0 Å². The van der Waals surface area contributed by atoms with E-state index in [0.29, 0.717) is 0 Å². The number of hydrogen-bond acceptors (Lipinski definition) is 2. The summed E-state index contributed by atoms with van der Waals surface area (Å²) in [5.74, 6) is 0.775. The summed E-state index contributed by atoms with van der Waals surface area (Å²) >= 11 is 0. The molecule has 2 aliphatic rings. The van der Waals surface area contributed by atoms with Crippen LogP contribution in [0.2, 0.25) is 0 Å². The molecule has 0 aromatic heterocycles. The first kappa shape index (κ1) is 14.1. The van der Waals surface area contributed by atoms with E-state index >= 15 is 0 Å². The molecule has 1 atom stereocenters. The summed E-state index contributed by atoms with van der Waals surface area (Å²) in [6.45, 7) is 8.15. The Morgan fingerprint density at radius 3 is 2.75 bits per heavy atom. The van der Waals surface area contributed by atoms with Gasteiger partial charge in [-0.2, -0.15) is 0 Å². The van der Waals surface area contributed by atoms with Crippen LogP contribution >= 0.6 is 0 Å². The van der Waals surface area contributed by atoms with Gasteiger partial charge in [0.25, 0.3) is 0 Å². The Bertz CT molecular complexity index is 437. The maximum atomic E-state index is 3.61. The largest absolute Gasteiger partial charge is 0.310 e. The molecule has 1 aliphatic carbocycles. The highest BCUT2D eigenvalue weighted by molar-refractivity contribution is 5.23. The van der Waals surface area contributed by atoms with Crippen LogP contribution in [-0.4, -0.2) is 23.5 Å². The van der Waals surface area contributed by atoms with Crippen LogP contribution in [0.5, 0.6) is 0 Å². The van der Waals surface area contributed by atoms with Gasteiger partial charge in [-0.15, -0.1) is 0 Å². The van der Waals surface area contributed by atoms with Gasteiger partial charge in [0.1, 0.15) is 0 Å². The lowest BCUT2D eigenvalue weighted by Crippen LogP contribution is -2.32. The maximum Gasteiger partial charge on any atom is 0.0236 e. The van der Waals surface area contributed by atoms with E-state index in [-0.39, 0.29) is 0 Å². The number of nitrogens with zero attached hydrogens (tertiary/aromatic N) is 1. The molecule has 1 heterocycles. The van der Waals surface area contributed by atoms with Crippen LogP contribution in [0.25, 0.3) is 0 Å². The smallest absolute Gasteiger partial charge is 0.0236 e. The Labute approximate surface area is 123 Å². The highest BCUT2D eigenvalue weighted by Crippen LogP contribution is 2.26. The van der Waals surface area contributed by atoms with E-state index in [1.165, 1.54) is 43.4 Å². The molecule has 1 aromatic rings. The van der Waals surface area contributed by atoms with Crippen molar-refractivity contribution in [1.29, 1.82) is 0 Å². The fraction of sp³-hybridized carbons (Fsp3) is 0.667. The maximum absolute atomic E-state index is 3.61. The highest BCUT2D eigenvalue weighted by atomic mass is 15.2. The van der Waals surface area contributed by atoms with Gasteiger partial charge in [0.2, 0.25) is 0 Å².